The molecule has 214 valence electrons. The number of piperidine rings is 1. The van der Waals surface area contributed by atoms with Crippen molar-refractivity contribution in [1.82, 2.24) is 9.78 Å². The summed E-state index contributed by atoms with van der Waals surface area (Å²) >= 11 is 0. The van der Waals surface area contributed by atoms with Crippen molar-refractivity contribution in [3.8, 4) is 11.4 Å². The smallest absolute Gasteiger partial charge is 0.277 e. The number of hydrogen-bond acceptors (Lipinski definition) is 5. The zero-order chi connectivity index (χ0) is 29.1. The SMILES string of the molecule is C=C(OCC)c1nn(-c2ccc(OCc3ccccc3)cc2)c2c1CCN(c1ccc(N3CCCCC3=O)cc1)C2=O. The Labute approximate surface area is 245 Å². The second-order valence-corrected chi connectivity index (χ2v) is 10.4. The Hall–Kier alpha value is -4.85. The first-order chi connectivity index (χ1) is 20.5. The van der Waals surface area contributed by atoms with E-state index in [9.17, 15) is 9.59 Å². The van der Waals surface area contributed by atoms with Gasteiger partial charge < -0.3 is 19.3 Å². The summed E-state index contributed by atoms with van der Waals surface area (Å²) in [5.41, 5.74) is 5.39. The lowest BCUT2D eigenvalue weighted by Gasteiger charge is -2.30. The summed E-state index contributed by atoms with van der Waals surface area (Å²) in [6.07, 6.45) is 3.12. The van der Waals surface area contributed by atoms with E-state index in [1.165, 1.54) is 0 Å². The highest BCUT2D eigenvalue weighted by molar-refractivity contribution is 6.08. The Morgan fingerprint density at radius 2 is 1.52 bits per heavy atom. The van der Waals surface area contributed by atoms with Crippen LogP contribution in [0.1, 0.15) is 53.5 Å². The van der Waals surface area contributed by atoms with Crippen LogP contribution in [-0.2, 0) is 22.6 Å². The van der Waals surface area contributed by atoms with Crippen molar-refractivity contribution in [2.75, 3.05) is 29.5 Å². The summed E-state index contributed by atoms with van der Waals surface area (Å²) in [7, 11) is 0. The van der Waals surface area contributed by atoms with Crippen LogP contribution in [0.25, 0.3) is 11.4 Å². The number of hydrogen-bond donors (Lipinski definition) is 0. The quantitative estimate of drug-likeness (QED) is 0.228. The first kappa shape index (κ1) is 27.3. The number of fused-ring (bicyclic) bond motifs is 1. The fourth-order valence-electron chi connectivity index (χ4n) is 5.58. The standard InChI is InChI=1S/C34H34N4O4/c1-3-41-24(2)32-30-20-22-37(27-14-12-26(13-15-27)36-21-8-7-11-31(36)39)34(40)33(30)38(35-32)28-16-18-29(19-17-28)42-23-25-9-5-4-6-10-25/h4-6,9-10,12-19H,2-3,7-8,11,20-23H2,1H3. The summed E-state index contributed by atoms with van der Waals surface area (Å²) in [5.74, 6) is 1.18. The Morgan fingerprint density at radius 1 is 0.833 bits per heavy atom. The maximum Gasteiger partial charge on any atom is 0.277 e. The van der Waals surface area contributed by atoms with Gasteiger partial charge in [-0.1, -0.05) is 36.9 Å². The third-order valence-electron chi connectivity index (χ3n) is 7.73. The number of carbonyl (C=O) groups is 2. The van der Waals surface area contributed by atoms with Gasteiger partial charge >= 0.3 is 0 Å². The van der Waals surface area contributed by atoms with Crippen LogP contribution in [0.3, 0.4) is 0 Å². The van der Waals surface area contributed by atoms with Crippen molar-refractivity contribution in [3.63, 3.8) is 0 Å². The molecule has 2 aliphatic rings. The van der Waals surface area contributed by atoms with Crippen LogP contribution in [0.2, 0.25) is 0 Å². The molecule has 3 aromatic carbocycles. The van der Waals surface area contributed by atoms with E-state index in [1.54, 1.807) is 9.58 Å². The molecule has 0 N–H and O–H groups in total. The Balaban J connectivity index is 1.28. The number of carbonyl (C=O) groups excluding carboxylic acids is 2. The third-order valence-corrected chi connectivity index (χ3v) is 7.73. The number of aromatic nitrogens is 2. The predicted molar refractivity (Wildman–Crippen MR) is 163 cm³/mol. The number of nitrogens with zero attached hydrogens (tertiary/aromatic N) is 4. The summed E-state index contributed by atoms with van der Waals surface area (Å²) in [5, 5.41) is 4.83. The molecule has 0 unspecified atom stereocenters. The van der Waals surface area contributed by atoms with Gasteiger partial charge in [-0.05, 0) is 80.3 Å². The van der Waals surface area contributed by atoms with Crippen LogP contribution >= 0.6 is 0 Å². The monoisotopic (exact) mass is 562 g/mol. The van der Waals surface area contributed by atoms with Crippen LogP contribution in [-0.4, -0.2) is 41.3 Å². The first-order valence-corrected chi connectivity index (χ1v) is 14.5. The number of rotatable bonds is 9. The van der Waals surface area contributed by atoms with Crippen molar-refractivity contribution in [3.05, 3.63) is 108 Å². The molecular formula is C34H34N4O4. The molecule has 2 aliphatic heterocycles. The van der Waals surface area contributed by atoms with Crippen LogP contribution in [0.5, 0.6) is 5.75 Å². The lowest BCUT2D eigenvalue weighted by Crippen LogP contribution is -2.39. The molecule has 4 aromatic rings. The maximum absolute atomic E-state index is 14.1. The molecule has 0 radical (unpaired) electrons. The molecule has 1 aromatic heterocycles. The molecule has 42 heavy (non-hydrogen) atoms. The van der Waals surface area contributed by atoms with E-state index in [-0.39, 0.29) is 11.8 Å². The lowest BCUT2D eigenvalue weighted by molar-refractivity contribution is -0.119. The molecule has 6 rings (SSSR count). The molecule has 0 spiro atoms. The van der Waals surface area contributed by atoms with Gasteiger partial charge in [-0.3, -0.25) is 9.59 Å². The highest BCUT2D eigenvalue weighted by Gasteiger charge is 2.34. The van der Waals surface area contributed by atoms with Crippen molar-refractivity contribution in [1.29, 1.82) is 0 Å². The second kappa shape index (κ2) is 11.9. The predicted octanol–water partition coefficient (Wildman–Crippen LogP) is 6.18. The molecule has 2 amide bonds. The van der Waals surface area contributed by atoms with Gasteiger partial charge in [0.15, 0.2) is 0 Å². The van der Waals surface area contributed by atoms with E-state index < -0.39 is 0 Å². The minimum absolute atomic E-state index is 0.148. The van der Waals surface area contributed by atoms with Gasteiger partial charge in [0.2, 0.25) is 5.91 Å². The van der Waals surface area contributed by atoms with E-state index in [0.717, 1.165) is 53.3 Å². The van der Waals surface area contributed by atoms with Crippen LogP contribution in [0.4, 0.5) is 11.4 Å². The van der Waals surface area contributed by atoms with Crippen molar-refractivity contribution in [2.45, 2.75) is 39.2 Å². The number of benzene rings is 3. The summed E-state index contributed by atoms with van der Waals surface area (Å²) in [6, 6.07) is 25.3. The van der Waals surface area contributed by atoms with E-state index >= 15 is 0 Å². The molecule has 1 fully saturated rings. The van der Waals surface area contributed by atoms with E-state index in [4.69, 9.17) is 14.6 Å². The normalized spacial score (nSPS) is 15.0. The Morgan fingerprint density at radius 3 is 2.21 bits per heavy atom. The zero-order valence-electron chi connectivity index (χ0n) is 23.8. The van der Waals surface area contributed by atoms with Crippen LogP contribution in [0, 0.1) is 0 Å². The average molecular weight is 563 g/mol. The van der Waals surface area contributed by atoms with Gasteiger partial charge in [-0.25, -0.2) is 4.68 Å². The highest BCUT2D eigenvalue weighted by atomic mass is 16.5. The maximum atomic E-state index is 14.1. The topological polar surface area (TPSA) is 76.9 Å². The van der Waals surface area contributed by atoms with Gasteiger partial charge in [0.25, 0.3) is 5.91 Å². The van der Waals surface area contributed by atoms with Gasteiger partial charge in [0, 0.05) is 36.4 Å². The molecule has 0 atom stereocenters. The molecule has 1 saturated heterocycles. The van der Waals surface area contributed by atoms with Gasteiger partial charge in [0.1, 0.15) is 29.5 Å². The van der Waals surface area contributed by atoms with E-state index in [2.05, 4.69) is 6.58 Å². The fourth-order valence-corrected chi connectivity index (χ4v) is 5.58. The fraction of sp³-hybridized carbons (Fsp3) is 0.265. The van der Waals surface area contributed by atoms with Gasteiger partial charge in [-0.2, -0.15) is 5.10 Å². The lowest BCUT2D eigenvalue weighted by atomic mass is 10.0. The minimum atomic E-state index is -0.148. The van der Waals surface area contributed by atoms with Gasteiger partial charge in [0.05, 0.1) is 12.3 Å². The van der Waals surface area contributed by atoms with Crippen molar-refractivity contribution >= 4 is 28.9 Å². The highest BCUT2D eigenvalue weighted by Crippen LogP contribution is 2.33. The summed E-state index contributed by atoms with van der Waals surface area (Å²) in [6.45, 7) is 8.13. The molecule has 0 saturated carbocycles. The van der Waals surface area contributed by atoms with Crippen LogP contribution in [0.15, 0.2) is 85.4 Å². The molecule has 3 heterocycles. The zero-order valence-corrected chi connectivity index (χ0v) is 23.8. The summed E-state index contributed by atoms with van der Waals surface area (Å²) in [4.78, 5) is 30.1. The average Bonchev–Trinajstić information content (AvgIpc) is 3.42. The molecule has 8 heteroatoms. The third kappa shape index (κ3) is 5.40. The van der Waals surface area contributed by atoms with E-state index in [1.807, 2.05) is 90.7 Å². The second-order valence-electron chi connectivity index (χ2n) is 10.4. The molecular weight excluding hydrogens is 528 g/mol. The van der Waals surface area contributed by atoms with Gasteiger partial charge in [-0.15, -0.1) is 0 Å². The van der Waals surface area contributed by atoms with Crippen molar-refractivity contribution in [2.24, 2.45) is 0 Å². The first-order valence-electron chi connectivity index (χ1n) is 14.5. The number of anilines is 2. The van der Waals surface area contributed by atoms with E-state index in [0.29, 0.717) is 49.7 Å². The minimum Gasteiger partial charge on any atom is -0.492 e. The Kier molecular flexibility index (Phi) is 7.77. The van der Waals surface area contributed by atoms with Crippen molar-refractivity contribution < 1.29 is 19.1 Å². The molecule has 8 nitrogen and oxygen atoms in total. The summed E-state index contributed by atoms with van der Waals surface area (Å²) < 4.78 is 13.4. The number of amides is 2. The van der Waals surface area contributed by atoms with Crippen LogP contribution < -0.4 is 14.5 Å². The molecule has 0 aliphatic carbocycles. The number of ether oxygens (including phenoxy) is 2. The largest absolute Gasteiger partial charge is 0.492 e. The Bertz CT molecular complexity index is 1590. The molecule has 0 bridgehead atoms.